The zero-order valence-electron chi connectivity index (χ0n) is 10.8. The summed E-state index contributed by atoms with van der Waals surface area (Å²) in [5, 5.41) is 0. The van der Waals surface area contributed by atoms with Crippen LogP contribution in [0.3, 0.4) is 0 Å². The van der Waals surface area contributed by atoms with Crippen LogP contribution in [0.25, 0.3) is 10.2 Å². The van der Waals surface area contributed by atoms with Crippen LogP contribution in [0.1, 0.15) is 12.5 Å². The summed E-state index contributed by atoms with van der Waals surface area (Å²) >= 11 is 0.996. The SMILES string of the molecule is O=C1C(n2c(=O)sc3ccccc32)CCN1CC(F)(F)F. The molecule has 0 radical (unpaired) electrons. The zero-order chi connectivity index (χ0) is 15.2. The third-order valence-corrected chi connectivity index (χ3v) is 4.41. The number of carbonyl (C=O) groups is 1. The summed E-state index contributed by atoms with van der Waals surface area (Å²) in [6.45, 7) is -1.25. The fourth-order valence-corrected chi connectivity index (χ4v) is 3.54. The summed E-state index contributed by atoms with van der Waals surface area (Å²) in [5.41, 5.74) is 0.597. The van der Waals surface area contributed by atoms with Crippen LogP contribution in [0.2, 0.25) is 0 Å². The molecule has 0 bridgehead atoms. The average Bonchev–Trinajstić information content (AvgIpc) is 2.89. The van der Waals surface area contributed by atoms with Gasteiger partial charge in [-0.1, -0.05) is 23.5 Å². The van der Waals surface area contributed by atoms with Crippen LogP contribution in [-0.2, 0) is 4.79 Å². The first-order valence-electron chi connectivity index (χ1n) is 6.32. The number of nitrogens with zero attached hydrogens (tertiary/aromatic N) is 2. The second kappa shape index (κ2) is 4.87. The van der Waals surface area contributed by atoms with Gasteiger partial charge in [0.25, 0.3) is 0 Å². The molecule has 1 saturated heterocycles. The van der Waals surface area contributed by atoms with Gasteiger partial charge < -0.3 is 4.90 Å². The molecule has 1 atom stereocenters. The maximum Gasteiger partial charge on any atom is 0.406 e. The largest absolute Gasteiger partial charge is 0.406 e. The molecule has 1 aromatic heterocycles. The molecule has 0 spiro atoms. The number of fused-ring (bicyclic) bond motifs is 1. The Hall–Kier alpha value is -1.83. The lowest BCUT2D eigenvalue weighted by Gasteiger charge is -2.18. The number of hydrogen-bond donors (Lipinski definition) is 0. The second-order valence-corrected chi connectivity index (χ2v) is 5.88. The summed E-state index contributed by atoms with van der Waals surface area (Å²) < 4.78 is 39.3. The molecule has 1 aliphatic rings. The third-order valence-electron chi connectivity index (χ3n) is 3.47. The van der Waals surface area contributed by atoms with Gasteiger partial charge in [0.15, 0.2) is 0 Å². The summed E-state index contributed by atoms with van der Waals surface area (Å²) in [6, 6.07) is 6.13. The fraction of sp³-hybridized carbons (Fsp3) is 0.385. The number of likely N-dealkylation sites (tertiary alicyclic amines) is 1. The number of benzene rings is 1. The van der Waals surface area contributed by atoms with Gasteiger partial charge in [-0.15, -0.1) is 0 Å². The molecule has 112 valence electrons. The Bertz CT molecular complexity index is 750. The van der Waals surface area contributed by atoms with Crippen molar-refractivity contribution in [3.63, 3.8) is 0 Å². The van der Waals surface area contributed by atoms with Crippen LogP contribution in [0.15, 0.2) is 29.1 Å². The fourth-order valence-electron chi connectivity index (χ4n) is 2.61. The number of alkyl halides is 3. The highest BCUT2D eigenvalue weighted by molar-refractivity contribution is 7.16. The molecule has 0 aliphatic carbocycles. The van der Waals surface area contributed by atoms with E-state index in [0.29, 0.717) is 5.52 Å². The van der Waals surface area contributed by atoms with E-state index in [9.17, 15) is 22.8 Å². The highest BCUT2D eigenvalue weighted by Crippen LogP contribution is 2.29. The van der Waals surface area contributed by atoms with E-state index >= 15 is 0 Å². The summed E-state index contributed by atoms with van der Waals surface area (Å²) in [4.78, 5) is 24.7. The van der Waals surface area contributed by atoms with Crippen molar-refractivity contribution in [2.75, 3.05) is 13.1 Å². The zero-order valence-corrected chi connectivity index (χ0v) is 11.6. The molecule has 1 fully saturated rings. The molecule has 1 aromatic carbocycles. The smallest absolute Gasteiger partial charge is 0.332 e. The molecule has 0 saturated carbocycles. The topological polar surface area (TPSA) is 42.3 Å². The summed E-state index contributed by atoms with van der Waals surface area (Å²) in [7, 11) is 0. The molecule has 8 heteroatoms. The number of thiazole rings is 1. The van der Waals surface area contributed by atoms with E-state index in [4.69, 9.17) is 0 Å². The van der Waals surface area contributed by atoms with Gasteiger partial charge in [0, 0.05) is 6.54 Å². The van der Waals surface area contributed by atoms with Crippen LogP contribution in [0, 0.1) is 0 Å². The third kappa shape index (κ3) is 2.55. The maximum atomic E-state index is 12.4. The van der Waals surface area contributed by atoms with Gasteiger partial charge in [-0.05, 0) is 18.6 Å². The molecule has 2 heterocycles. The van der Waals surface area contributed by atoms with E-state index < -0.39 is 24.7 Å². The van der Waals surface area contributed by atoms with Crippen molar-refractivity contribution in [3.05, 3.63) is 33.9 Å². The quantitative estimate of drug-likeness (QED) is 0.854. The Labute approximate surface area is 121 Å². The predicted molar refractivity (Wildman–Crippen MR) is 72.4 cm³/mol. The first kappa shape index (κ1) is 14.1. The molecule has 2 aromatic rings. The van der Waals surface area contributed by atoms with Gasteiger partial charge >= 0.3 is 11.0 Å². The number of para-hydroxylation sites is 1. The summed E-state index contributed by atoms with van der Waals surface area (Å²) in [5.74, 6) is -0.641. The van der Waals surface area contributed by atoms with E-state index in [2.05, 4.69) is 0 Å². The van der Waals surface area contributed by atoms with Crippen molar-refractivity contribution >= 4 is 27.5 Å². The molecular formula is C13H11F3N2O2S. The predicted octanol–water partition coefficient (Wildman–Crippen LogP) is 2.40. The van der Waals surface area contributed by atoms with Gasteiger partial charge in [-0.2, -0.15) is 13.2 Å². The maximum absolute atomic E-state index is 12.4. The van der Waals surface area contributed by atoms with Crippen molar-refractivity contribution in [1.29, 1.82) is 0 Å². The average molecular weight is 316 g/mol. The van der Waals surface area contributed by atoms with Gasteiger partial charge in [0.1, 0.15) is 12.6 Å². The van der Waals surface area contributed by atoms with E-state index in [1.807, 2.05) is 0 Å². The molecule has 21 heavy (non-hydrogen) atoms. The van der Waals surface area contributed by atoms with Crippen molar-refractivity contribution in [2.45, 2.75) is 18.6 Å². The van der Waals surface area contributed by atoms with Crippen LogP contribution >= 0.6 is 11.3 Å². The molecular weight excluding hydrogens is 305 g/mol. The Morgan fingerprint density at radius 2 is 1.95 bits per heavy atom. The van der Waals surface area contributed by atoms with Crippen LogP contribution in [0.4, 0.5) is 13.2 Å². The Morgan fingerprint density at radius 1 is 1.24 bits per heavy atom. The molecule has 1 amide bonds. The van der Waals surface area contributed by atoms with Crippen molar-refractivity contribution in [3.8, 4) is 0 Å². The lowest BCUT2D eigenvalue weighted by atomic mass is 10.2. The molecule has 3 rings (SSSR count). The van der Waals surface area contributed by atoms with Gasteiger partial charge in [0.2, 0.25) is 5.91 Å². The lowest BCUT2D eigenvalue weighted by Crippen LogP contribution is -2.37. The second-order valence-electron chi connectivity index (χ2n) is 4.89. The minimum Gasteiger partial charge on any atom is -0.332 e. The van der Waals surface area contributed by atoms with Crippen LogP contribution in [-0.4, -0.2) is 34.6 Å². The highest BCUT2D eigenvalue weighted by atomic mass is 32.1. The van der Waals surface area contributed by atoms with E-state index in [1.54, 1.807) is 24.3 Å². The minimum absolute atomic E-state index is 0.0135. The Balaban J connectivity index is 1.96. The monoisotopic (exact) mass is 316 g/mol. The molecule has 1 unspecified atom stereocenters. The van der Waals surface area contributed by atoms with Gasteiger partial charge in [-0.3, -0.25) is 14.2 Å². The number of aromatic nitrogens is 1. The number of rotatable bonds is 2. The summed E-state index contributed by atoms with van der Waals surface area (Å²) in [6.07, 6.45) is -4.21. The van der Waals surface area contributed by atoms with Crippen LogP contribution < -0.4 is 4.87 Å². The van der Waals surface area contributed by atoms with Crippen LogP contribution in [0.5, 0.6) is 0 Å². The van der Waals surface area contributed by atoms with Crippen molar-refractivity contribution < 1.29 is 18.0 Å². The number of hydrogen-bond acceptors (Lipinski definition) is 3. The molecule has 4 nitrogen and oxygen atoms in total. The number of halogens is 3. The Morgan fingerprint density at radius 3 is 2.67 bits per heavy atom. The van der Waals surface area contributed by atoms with Gasteiger partial charge in [-0.25, -0.2) is 0 Å². The van der Waals surface area contributed by atoms with Crippen molar-refractivity contribution in [1.82, 2.24) is 9.47 Å². The Kier molecular flexibility index (Phi) is 3.27. The number of amides is 1. The number of carbonyl (C=O) groups excluding carboxylic acids is 1. The minimum atomic E-state index is -4.42. The standard InChI is InChI=1S/C13H11F3N2O2S/c14-13(15,16)7-17-6-5-9(11(17)19)18-8-3-1-2-4-10(8)21-12(18)20/h1-4,9H,5-7H2. The normalized spacial score (nSPS) is 19.7. The van der Waals surface area contributed by atoms with E-state index in [0.717, 1.165) is 20.9 Å². The molecule has 0 N–H and O–H groups in total. The van der Waals surface area contributed by atoms with E-state index in [-0.39, 0.29) is 17.8 Å². The van der Waals surface area contributed by atoms with Gasteiger partial charge in [0.05, 0.1) is 10.2 Å². The molecule has 1 aliphatic heterocycles. The highest BCUT2D eigenvalue weighted by Gasteiger charge is 2.40. The van der Waals surface area contributed by atoms with Crippen molar-refractivity contribution in [2.24, 2.45) is 0 Å². The van der Waals surface area contributed by atoms with E-state index in [1.165, 1.54) is 4.57 Å². The lowest BCUT2D eigenvalue weighted by molar-refractivity contribution is -0.158. The first-order valence-corrected chi connectivity index (χ1v) is 7.14. The first-order chi connectivity index (χ1) is 9.87.